The number of nitrogens with two attached hydrogens (primary N) is 1. The predicted molar refractivity (Wildman–Crippen MR) is 60.7 cm³/mol. The summed E-state index contributed by atoms with van der Waals surface area (Å²) in [5, 5.41) is 8.60. The summed E-state index contributed by atoms with van der Waals surface area (Å²) in [5.74, 6) is 0.712. The minimum atomic E-state index is 0. The van der Waals surface area contributed by atoms with Gasteiger partial charge in [0.05, 0.1) is 16.1 Å². The van der Waals surface area contributed by atoms with Crippen LogP contribution in [-0.4, -0.2) is 13.2 Å². The summed E-state index contributed by atoms with van der Waals surface area (Å²) in [7, 11) is 0. The molecule has 0 saturated carbocycles. The number of ether oxygens (including phenoxy) is 1. The van der Waals surface area contributed by atoms with Crippen LogP contribution in [0.3, 0.4) is 0 Å². The molecule has 76 valence electrons. The summed E-state index contributed by atoms with van der Waals surface area (Å²) in [6.07, 6.45) is 0. The minimum absolute atomic E-state index is 0. The van der Waals surface area contributed by atoms with E-state index in [0.29, 0.717) is 24.5 Å². The fourth-order valence-electron chi connectivity index (χ4n) is 0.856. The molecule has 0 aliphatic rings. The summed E-state index contributed by atoms with van der Waals surface area (Å²) in [4.78, 5) is 0. The highest BCUT2D eigenvalue weighted by Crippen LogP contribution is 2.25. The highest BCUT2D eigenvalue weighted by atomic mass is 79.9. The molecule has 0 amide bonds. The predicted octanol–water partition coefficient (Wildman–Crippen LogP) is 2.08. The van der Waals surface area contributed by atoms with Crippen molar-refractivity contribution in [2.45, 2.75) is 0 Å². The number of benzene rings is 1. The second-order valence-electron chi connectivity index (χ2n) is 2.39. The normalized spacial score (nSPS) is 8.64. The highest BCUT2D eigenvalue weighted by molar-refractivity contribution is 9.10. The molecule has 0 aliphatic carbocycles. The van der Waals surface area contributed by atoms with Gasteiger partial charge in [-0.15, -0.1) is 12.4 Å². The molecule has 0 saturated heterocycles. The number of halogens is 2. The van der Waals surface area contributed by atoms with E-state index in [2.05, 4.69) is 15.9 Å². The maximum absolute atomic E-state index is 8.60. The van der Waals surface area contributed by atoms with E-state index in [-0.39, 0.29) is 12.4 Å². The van der Waals surface area contributed by atoms with Crippen LogP contribution in [0.4, 0.5) is 0 Å². The Hall–Kier alpha value is -0.760. The first kappa shape index (κ1) is 13.2. The molecule has 0 spiro atoms. The van der Waals surface area contributed by atoms with Crippen LogP contribution >= 0.6 is 28.3 Å². The minimum Gasteiger partial charge on any atom is -0.491 e. The number of nitrogens with zero attached hydrogens (tertiary/aromatic N) is 1. The topological polar surface area (TPSA) is 59.0 Å². The van der Waals surface area contributed by atoms with Crippen LogP contribution in [0.1, 0.15) is 5.56 Å². The Kier molecular flexibility index (Phi) is 6.30. The molecule has 0 aromatic heterocycles. The Bertz CT molecular complexity index is 338. The standard InChI is InChI=1S/C9H9BrN2O.ClH/c10-8-5-7(6-12)1-2-9(8)13-4-3-11;/h1-2,5H,3-4,11H2;1H. The molecular weight excluding hydrogens is 267 g/mol. The summed E-state index contributed by atoms with van der Waals surface area (Å²) in [5.41, 5.74) is 5.89. The quantitative estimate of drug-likeness (QED) is 0.920. The number of hydrogen-bond donors (Lipinski definition) is 1. The molecule has 1 rings (SSSR count). The molecule has 3 nitrogen and oxygen atoms in total. The van der Waals surface area contributed by atoms with Gasteiger partial charge in [-0.2, -0.15) is 5.26 Å². The SMILES string of the molecule is Cl.N#Cc1ccc(OCCN)c(Br)c1. The van der Waals surface area contributed by atoms with Gasteiger partial charge in [0.15, 0.2) is 0 Å². The zero-order chi connectivity index (χ0) is 9.68. The summed E-state index contributed by atoms with van der Waals surface area (Å²) >= 11 is 3.30. The van der Waals surface area contributed by atoms with Gasteiger partial charge in [-0.05, 0) is 34.1 Å². The second kappa shape index (κ2) is 6.66. The van der Waals surface area contributed by atoms with Crippen LogP contribution in [0.5, 0.6) is 5.75 Å². The molecule has 0 unspecified atom stereocenters. The lowest BCUT2D eigenvalue weighted by molar-refractivity contribution is 0.326. The molecule has 2 N–H and O–H groups in total. The number of hydrogen-bond acceptors (Lipinski definition) is 3. The van der Waals surface area contributed by atoms with Gasteiger partial charge in [-0.25, -0.2) is 0 Å². The molecule has 0 bridgehead atoms. The third-order valence-corrected chi connectivity index (χ3v) is 2.06. The van der Waals surface area contributed by atoms with Crippen LogP contribution < -0.4 is 10.5 Å². The smallest absolute Gasteiger partial charge is 0.133 e. The van der Waals surface area contributed by atoms with Crippen LogP contribution in [-0.2, 0) is 0 Å². The van der Waals surface area contributed by atoms with E-state index < -0.39 is 0 Å². The molecule has 14 heavy (non-hydrogen) atoms. The first-order chi connectivity index (χ1) is 6.27. The average molecular weight is 278 g/mol. The van der Waals surface area contributed by atoms with Gasteiger partial charge in [-0.3, -0.25) is 0 Å². The Balaban J connectivity index is 0.00000169. The summed E-state index contributed by atoms with van der Waals surface area (Å²) in [6.45, 7) is 0.955. The average Bonchev–Trinajstić information content (AvgIpc) is 2.16. The van der Waals surface area contributed by atoms with Crippen molar-refractivity contribution in [1.82, 2.24) is 0 Å². The van der Waals surface area contributed by atoms with E-state index in [0.717, 1.165) is 4.47 Å². The van der Waals surface area contributed by atoms with Gasteiger partial charge in [0.1, 0.15) is 12.4 Å². The lowest BCUT2D eigenvalue weighted by Gasteiger charge is -2.06. The van der Waals surface area contributed by atoms with Crippen molar-refractivity contribution in [3.05, 3.63) is 28.2 Å². The second-order valence-corrected chi connectivity index (χ2v) is 3.25. The number of nitriles is 1. The van der Waals surface area contributed by atoms with Gasteiger partial charge < -0.3 is 10.5 Å². The van der Waals surface area contributed by atoms with Crippen molar-refractivity contribution >= 4 is 28.3 Å². The zero-order valence-corrected chi connectivity index (χ0v) is 9.77. The van der Waals surface area contributed by atoms with E-state index in [1.165, 1.54) is 0 Å². The molecule has 0 atom stereocenters. The molecule has 1 aromatic carbocycles. The van der Waals surface area contributed by atoms with Crippen molar-refractivity contribution in [3.8, 4) is 11.8 Å². The van der Waals surface area contributed by atoms with Crippen molar-refractivity contribution in [1.29, 1.82) is 5.26 Å². The van der Waals surface area contributed by atoms with Crippen LogP contribution in [0.15, 0.2) is 22.7 Å². The van der Waals surface area contributed by atoms with E-state index in [1.54, 1.807) is 18.2 Å². The fourth-order valence-corrected chi connectivity index (χ4v) is 1.35. The molecule has 0 aliphatic heterocycles. The maximum atomic E-state index is 8.60. The first-order valence-corrected chi connectivity index (χ1v) is 4.59. The lowest BCUT2D eigenvalue weighted by Crippen LogP contribution is -2.10. The zero-order valence-electron chi connectivity index (χ0n) is 7.37. The van der Waals surface area contributed by atoms with Crippen LogP contribution in [0, 0.1) is 11.3 Å². The highest BCUT2D eigenvalue weighted by Gasteiger charge is 2.01. The monoisotopic (exact) mass is 276 g/mol. The van der Waals surface area contributed by atoms with Gasteiger partial charge in [0.2, 0.25) is 0 Å². The van der Waals surface area contributed by atoms with Gasteiger partial charge >= 0.3 is 0 Å². The Morgan fingerprint density at radius 3 is 2.71 bits per heavy atom. The van der Waals surface area contributed by atoms with E-state index >= 15 is 0 Å². The third-order valence-electron chi connectivity index (χ3n) is 1.44. The van der Waals surface area contributed by atoms with Crippen molar-refractivity contribution in [2.75, 3.05) is 13.2 Å². The van der Waals surface area contributed by atoms with Gasteiger partial charge in [0, 0.05) is 6.54 Å². The van der Waals surface area contributed by atoms with Crippen molar-refractivity contribution in [2.24, 2.45) is 5.73 Å². The summed E-state index contributed by atoms with van der Waals surface area (Å²) < 4.78 is 6.08. The van der Waals surface area contributed by atoms with Crippen molar-refractivity contribution in [3.63, 3.8) is 0 Å². The maximum Gasteiger partial charge on any atom is 0.133 e. The van der Waals surface area contributed by atoms with Gasteiger partial charge in [0.25, 0.3) is 0 Å². The van der Waals surface area contributed by atoms with Crippen LogP contribution in [0.2, 0.25) is 0 Å². The Morgan fingerprint density at radius 1 is 1.50 bits per heavy atom. The van der Waals surface area contributed by atoms with Crippen molar-refractivity contribution < 1.29 is 4.74 Å². The number of rotatable bonds is 3. The van der Waals surface area contributed by atoms with Crippen LogP contribution in [0.25, 0.3) is 0 Å². The third kappa shape index (κ3) is 3.54. The molecule has 1 aromatic rings. The van der Waals surface area contributed by atoms with E-state index in [4.69, 9.17) is 15.7 Å². The van der Waals surface area contributed by atoms with Gasteiger partial charge in [-0.1, -0.05) is 0 Å². The fraction of sp³-hybridized carbons (Fsp3) is 0.222. The molecule has 5 heteroatoms. The molecule has 0 fully saturated rings. The Labute approximate surface area is 97.4 Å². The Morgan fingerprint density at radius 2 is 2.21 bits per heavy atom. The first-order valence-electron chi connectivity index (χ1n) is 3.80. The molecule has 0 radical (unpaired) electrons. The largest absolute Gasteiger partial charge is 0.491 e. The summed E-state index contributed by atoms with van der Waals surface area (Å²) in [6, 6.07) is 7.21. The molecular formula is C9H10BrClN2O. The van der Waals surface area contributed by atoms with E-state index in [9.17, 15) is 0 Å². The van der Waals surface area contributed by atoms with E-state index in [1.807, 2.05) is 6.07 Å². The molecule has 0 heterocycles. The lowest BCUT2D eigenvalue weighted by atomic mass is 10.2.